The molecule has 0 fully saturated rings. The quantitative estimate of drug-likeness (QED) is 0.865. The molecule has 2 rings (SSSR count). The number of nitrogens with one attached hydrogen (secondary N) is 2. The molecule has 0 saturated carbocycles. The third-order valence-corrected chi connectivity index (χ3v) is 2.63. The Morgan fingerprint density at radius 2 is 1.94 bits per heavy atom. The molecule has 0 amide bonds. The van der Waals surface area contributed by atoms with E-state index in [0.717, 1.165) is 18.1 Å². The van der Waals surface area contributed by atoms with Crippen LogP contribution in [0.5, 0.6) is 0 Å². The van der Waals surface area contributed by atoms with E-state index in [9.17, 15) is 0 Å². The molecule has 1 heterocycles. The minimum absolute atomic E-state index is 0.641. The Balaban J connectivity index is 2.08. The van der Waals surface area contributed by atoms with Crippen LogP contribution >= 0.6 is 0 Å². The Morgan fingerprint density at radius 3 is 2.67 bits per heavy atom. The summed E-state index contributed by atoms with van der Waals surface area (Å²) in [5, 5.41) is 6.27. The van der Waals surface area contributed by atoms with E-state index in [1.54, 1.807) is 0 Å². The first-order valence-corrected chi connectivity index (χ1v) is 6.00. The van der Waals surface area contributed by atoms with Crippen molar-refractivity contribution in [3.63, 3.8) is 0 Å². The van der Waals surface area contributed by atoms with Gasteiger partial charge in [-0.2, -0.15) is 4.98 Å². The Morgan fingerprint density at radius 1 is 1.11 bits per heavy atom. The zero-order valence-corrected chi connectivity index (χ0v) is 11.0. The van der Waals surface area contributed by atoms with Gasteiger partial charge in [0, 0.05) is 25.4 Å². The highest BCUT2D eigenvalue weighted by atomic mass is 15.1. The molecule has 0 bridgehead atoms. The maximum atomic E-state index is 4.36. The highest BCUT2D eigenvalue weighted by Crippen LogP contribution is 2.11. The highest BCUT2D eigenvalue weighted by Gasteiger charge is 2.00. The molecule has 0 unspecified atom stereocenters. The molecule has 2 aromatic rings. The van der Waals surface area contributed by atoms with Crippen molar-refractivity contribution < 1.29 is 0 Å². The normalized spacial score (nSPS) is 10.2. The summed E-state index contributed by atoms with van der Waals surface area (Å²) in [5.74, 6) is 1.48. The zero-order chi connectivity index (χ0) is 13.0. The maximum absolute atomic E-state index is 4.36. The molecule has 18 heavy (non-hydrogen) atoms. The molecular weight excluding hydrogens is 224 g/mol. The van der Waals surface area contributed by atoms with E-state index in [1.165, 1.54) is 11.1 Å². The lowest BCUT2D eigenvalue weighted by molar-refractivity contribution is 1.05. The molecule has 1 aromatic heterocycles. The van der Waals surface area contributed by atoms with Crippen LogP contribution in [0.4, 0.5) is 11.8 Å². The van der Waals surface area contributed by atoms with Gasteiger partial charge in [0.2, 0.25) is 5.95 Å². The van der Waals surface area contributed by atoms with E-state index < -0.39 is 0 Å². The van der Waals surface area contributed by atoms with Gasteiger partial charge in [0.1, 0.15) is 5.82 Å². The first-order valence-electron chi connectivity index (χ1n) is 6.00. The van der Waals surface area contributed by atoms with Crippen molar-refractivity contribution >= 4 is 11.8 Å². The van der Waals surface area contributed by atoms with Crippen molar-refractivity contribution in [1.82, 2.24) is 9.97 Å². The number of hydrogen-bond donors (Lipinski definition) is 2. The summed E-state index contributed by atoms with van der Waals surface area (Å²) >= 11 is 0. The lowest BCUT2D eigenvalue weighted by atomic mass is 10.1. The van der Waals surface area contributed by atoms with E-state index in [2.05, 4.69) is 51.8 Å². The molecule has 94 valence electrons. The Kier molecular flexibility index (Phi) is 3.77. The Labute approximate surface area is 107 Å². The number of hydrogen-bond acceptors (Lipinski definition) is 4. The maximum Gasteiger partial charge on any atom is 0.224 e. The molecule has 0 saturated heterocycles. The second-order valence-electron chi connectivity index (χ2n) is 4.31. The van der Waals surface area contributed by atoms with Gasteiger partial charge in [0.15, 0.2) is 0 Å². The molecule has 4 nitrogen and oxygen atoms in total. The fourth-order valence-corrected chi connectivity index (χ4v) is 1.79. The number of anilines is 2. The van der Waals surface area contributed by atoms with Gasteiger partial charge >= 0.3 is 0 Å². The number of aryl methyl sites for hydroxylation is 2. The summed E-state index contributed by atoms with van der Waals surface area (Å²) in [5.41, 5.74) is 3.46. The van der Waals surface area contributed by atoms with Gasteiger partial charge in [-0.1, -0.05) is 29.8 Å². The van der Waals surface area contributed by atoms with Crippen LogP contribution in [0.15, 0.2) is 30.3 Å². The van der Waals surface area contributed by atoms with E-state index >= 15 is 0 Å². The minimum Gasteiger partial charge on any atom is -0.366 e. The van der Waals surface area contributed by atoms with Gasteiger partial charge in [-0.3, -0.25) is 0 Å². The number of rotatable bonds is 4. The standard InChI is InChI=1S/C14H18N4/c1-10-5-4-6-12(7-10)9-16-13-8-11(2)17-14(15-3)18-13/h4-8H,9H2,1-3H3,(H2,15,16,17,18). The fraction of sp³-hybridized carbons (Fsp3) is 0.286. The zero-order valence-electron chi connectivity index (χ0n) is 11.0. The third-order valence-electron chi connectivity index (χ3n) is 2.63. The molecular formula is C14H18N4. The third kappa shape index (κ3) is 3.20. The van der Waals surface area contributed by atoms with E-state index in [-0.39, 0.29) is 0 Å². The van der Waals surface area contributed by atoms with Crippen molar-refractivity contribution in [2.45, 2.75) is 20.4 Å². The Hall–Kier alpha value is -2.10. The average Bonchev–Trinajstić information content (AvgIpc) is 2.36. The topological polar surface area (TPSA) is 49.8 Å². The first-order chi connectivity index (χ1) is 8.67. The number of benzene rings is 1. The van der Waals surface area contributed by atoms with E-state index in [1.807, 2.05) is 20.0 Å². The van der Waals surface area contributed by atoms with Crippen LogP contribution < -0.4 is 10.6 Å². The van der Waals surface area contributed by atoms with Gasteiger partial charge in [0.25, 0.3) is 0 Å². The van der Waals surface area contributed by atoms with Crippen LogP contribution in [0, 0.1) is 13.8 Å². The van der Waals surface area contributed by atoms with Crippen LogP contribution in [0.25, 0.3) is 0 Å². The molecule has 1 aromatic carbocycles. The predicted molar refractivity (Wildman–Crippen MR) is 74.8 cm³/mol. The van der Waals surface area contributed by atoms with Crippen LogP contribution in [0.2, 0.25) is 0 Å². The second kappa shape index (κ2) is 5.49. The summed E-state index contributed by atoms with van der Waals surface area (Å²) in [4.78, 5) is 8.62. The molecule has 0 radical (unpaired) electrons. The summed E-state index contributed by atoms with van der Waals surface area (Å²) in [6, 6.07) is 10.4. The average molecular weight is 242 g/mol. The highest BCUT2D eigenvalue weighted by molar-refractivity contribution is 5.42. The Bertz CT molecular complexity index is 537. The van der Waals surface area contributed by atoms with Crippen molar-refractivity contribution in [2.24, 2.45) is 0 Å². The van der Waals surface area contributed by atoms with Gasteiger partial charge in [-0.25, -0.2) is 4.98 Å². The van der Waals surface area contributed by atoms with Crippen LogP contribution in [0.3, 0.4) is 0 Å². The smallest absolute Gasteiger partial charge is 0.224 e. The largest absolute Gasteiger partial charge is 0.366 e. The molecule has 0 aliphatic heterocycles. The summed E-state index contributed by atoms with van der Waals surface area (Å²) in [6.45, 7) is 4.82. The molecule has 0 atom stereocenters. The number of aromatic nitrogens is 2. The minimum atomic E-state index is 0.641. The molecule has 0 spiro atoms. The molecule has 2 N–H and O–H groups in total. The lowest BCUT2D eigenvalue weighted by Crippen LogP contribution is -2.05. The second-order valence-corrected chi connectivity index (χ2v) is 4.31. The monoisotopic (exact) mass is 242 g/mol. The van der Waals surface area contributed by atoms with Crippen molar-refractivity contribution in [1.29, 1.82) is 0 Å². The van der Waals surface area contributed by atoms with Gasteiger partial charge < -0.3 is 10.6 Å². The van der Waals surface area contributed by atoms with Gasteiger partial charge in [-0.15, -0.1) is 0 Å². The SMILES string of the molecule is CNc1nc(C)cc(NCc2cccc(C)c2)n1. The van der Waals surface area contributed by atoms with Gasteiger partial charge in [0.05, 0.1) is 0 Å². The van der Waals surface area contributed by atoms with Crippen molar-refractivity contribution in [3.8, 4) is 0 Å². The molecule has 0 aliphatic rings. The first kappa shape index (κ1) is 12.4. The van der Waals surface area contributed by atoms with Crippen molar-refractivity contribution in [3.05, 3.63) is 47.2 Å². The summed E-state index contributed by atoms with van der Waals surface area (Å²) in [7, 11) is 1.82. The van der Waals surface area contributed by atoms with Crippen LogP contribution in [-0.2, 0) is 6.54 Å². The summed E-state index contributed by atoms with van der Waals surface area (Å²) in [6.07, 6.45) is 0. The summed E-state index contributed by atoms with van der Waals surface area (Å²) < 4.78 is 0. The van der Waals surface area contributed by atoms with Crippen molar-refractivity contribution in [2.75, 3.05) is 17.7 Å². The van der Waals surface area contributed by atoms with Crippen LogP contribution in [-0.4, -0.2) is 17.0 Å². The predicted octanol–water partition coefficient (Wildman–Crippen LogP) is 2.75. The van der Waals surface area contributed by atoms with Gasteiger partial charge in [-0.05, 0) is 19.4 Å². The lowest BCUT2D eigenvalue weighted by Gasteiger charge is -2.08. The fourth-order valence-electron chi connectivity index (χ4n) is 1.79. The van der Waals surface area contributed by atoms with E-state index in [4.69, 9.17) is 0 Å². The number of nitrogens with zero attached hydrogens (tertiary/aromatic N) is 2. The molecule has 0 aliphatic carbocycles. The van der Waals surface area contributed by atoms with E-state index in [0.29, 0.717) is 5.95 Å². The van der Waals surface area contributed by atoms with Crippen LogP contribution in [0.1, 0.15) is 16.8 Å². The molecule has 4 heteroatoms.